The van der Waals surface area contributed by atoms with Gasteiger partial charge in [0.1, 0.15) is 0 Å². The summed E-state index contributed by atoms with van der Waals surface area (Å²) in [4.78, 5) is 14.4. The van der Waals surface area contributed by atoms with Gasteiger partial charge in [0.05, 0.1) is 6.04 Å². The van der Waals surface area contributed by atoms with Crippen molar-refractivity contribution in [1.82, 2.24) is 0 Å². The predicted molar refractivity (Wildman–Crippen MR) is 81.1 cm³/mol. The van der Waals surface area contributed by atoms with E-state index in [2.05, 4.69) is 13.8 Å². The summed E-state index contributed by atoms with van der Waals surface area (Å²) in [6.45, 7) is 6.97. The third-order valence-corrected chi connectivity index (χ3v) is 3.61. The van der Waals surface area contributed by atoms with Gasteiger partial charge in [0, 0.05) is 12.2 Å². The second-order valence-corrected chi connectivity index (χ2v) is 5.09. The Labute approximate surface area is 116 Å². The summed E-state index contributed by atoms with van der Waals surface area (Å²) in [7, 11) is 0. The lowest BCUT2D eigenvalue weighted by molar-refractivity contribution is -0.120. The van der Waals surface area contributed by atoms with Crippen molar-refractivity contribution in [3.63, 3.8) is 0 Å². The normalized spacial score (nSPS) is 13.9. The van der Waals surface area contributed by atoms with Crippen molar-refractivity contribution in [3.8, 4) is 0 Å². The van der Waals surface area contributed by atoms with Crippen LogP contribution in [-0.2, 0) is 4.79 Å². The molecule has 0 spiro atoms. The molecule has 0 aliphatic carbocycles. The summed E-state index contributed by atoms with van der Waals surface area (Å²) in [5.41, 5.74) is 7.03. The molecule has 0 radical (unpaired) electrons. The Kier molecular flexibility index (Phi) is 6.57. The molecule has 0 heterocycles. The summed E-state index contributed by atoms with van der Waals surface area (Å²) in [5.74, 6) is 0.245. The van der Waals surface area contributed by atoms with E-state index in [9.17, 15) is 4.79 Å². The van der Waals surface area contributed by atoms with Crippen molar-refractivity contribution in [1.29, 1.82) is 0 Å². The molecule has 19 heavy (non-hydrogen) atoms. The van der Waals surface area contributed by atoms with Crippen molar-refractivity contribution >= 4 is 11.6 Å². The van der Waals surface area contributed by atoms with Crippen molar-refractivity contribution < 1.29 is 4.79 Å². The molecule has 3 nitrogen and oxygen atoms in total. The van der Waals surface area contributed by atoms with Crippen LogP contribution in [0.2, 0.25) is 0 Å². The molecule has 0 fully saturated rings. The Hall–Kier alpha value is -1.35. The molecule has 2 unspecified atom stereocenters. The smallest absolute Gasteiger partial charge is 0.244 e. The van der Waals surface area contributed by atoms with Crippen LogP contribution in [0.4, 0.5) is 5.69 Å². The summed E-state index contributed by atoms with van der Waals surface area (Å²) >= 11 is 0. The molecule has 2 atom stereocenters. The van der Waals surface area contributed by atoms with E-state index in [4.69, 9.17) is 5.73 Å². The molecule has 3 heteroatoms. The monoisotopic (exact) mass is 262 g/mol. The van der Waals surface area contributed by atoms with E-state index in [1.807, 2.05) is 42.2 Å². The minimum atomic E-state index is -0.415. The number of anilines is 1. The highest BCUT2D eigenvalue weighted by molar-refractivity contribution is 5.97. The highest BCUT2D eigenvalue weighted by Gasteiger charge is 2.25. The van der Waals surface area contributed by atoms with Crippen LogP contribution in [0.3, 0.4) is 0 Å². The van der Waals surface area contributed by atoms with Crippen molar-refractivity contribution in [2.24, 2.45) is 11.7 Å². The number of nitrogens with zero attached hydrogens (tertiary/aromatic N) is 1. The molecule has 0 saturated heterocycles. The highest BCUT2D eigenvalue weighted by atomic mass is 16.2. The SMILES string of the molecule is CCCCN(C(=O)C(N)C(C)CC)c1ccccc1. The number of carbonyl (C=O) groups is 1. The molecule has 2 N–H and O–H groups in total. The van der Waals surface area contributed by atoms with E-state index in [1.54, 1.807) is 0 Å². The van der Waals surface area contributed by atoms with Crippen LogP contribution in [0, 0.1) is 5.92 Å². The van der Waals surface area contributed by atoms with E-state index in [-0.39, 0.29) is 11.8 Å². The molecule has 1 aromatic rings. The number of benzene rings is 1. The number of hydrogen-bond donors (Lipinski definition) is 1. The van der Waals surface area contributed by atoms with Crippen LogP contribution in [0.15, 0.2) is 30.3 Å². The molecule has 1 amide bonds. The Morgan fingerprint density at radius 2 is 1.89 bits per heavy atom. The van der Waals surface area contributed by atoms with Gasteiger partial charge < -0.3 is 10.6 Å². The number of hydrogen-bond acceptors (Lipinski definition) is 2. The van der Waals surface area contributed by atoms with Gasteiger partial charge in [0.15, 0.2) is 0 Å². The fourth-order valence-corrected chi connectivity index (χ4v) is 1.97. The fraction of sp³-hybridized carbons (Fsp3) is 0.562. The van der Waals surface area contributed by atoms with E-state index in [0.717, 1.165) is 31.5 Å². The molecule has 0 aromatic heterocycles. The van der Waals surface area contributed by atoms with Crippen LogP contribution in [0.1, 0.15) is 40.0 Å². The van der Waals surface area contributed by atoms with Crippen LogP contribution in [-0.4, -0.2) is 18.5 Å². The molecular weight excluding hydrogens is 236 g/mol. The van der Waals surface area contributed by atoms with Crippen LogP contribution >= 0.6 is 0 Å². The van der Waals surface area contributed by atoms with Gasteiger partial charge in [-0.1, -0.05) is 51.8 Å². The Morgan fingerprint density at radius 1 is 1.26 bits per heavy atom. The average Bonchev–Trinajstić information content (AvgIpc) is 2.46. The van der Waals surface area contributed by atoms with Gasteiger partial charge >= 0.3 is 0 Å². The highest BCUT2D eigenvalue weighted by Crippen LogP contribution is 2.18. The lowest BCUT2D eigenvalue weighted by Gasteiger charge is -2.28. The minimum Gasteiger partial charge on any atom is -0.320 e. The first kappa shape index (κ1) is 15.7. The van der Waals surface area contributed by atoms with E-state index < -0.39 is 6.04 Å². The minimum absolute atomic E-state index is 0.0361. The zero-order chi connectivity index (χ0) is 14.3. The topological polar surface area (TPSA) is 46.3 Å². The second-order valence-electron chi connectivity index (χ2n) is 5.09. The third-order valence-electron chi connectivity index (χ3n) is 3.61. The standard InChI is InChI=1S/C16H26N2O/c1-4-6-12-18(14-10-8-7-9-11-14)16(19)15(17)13(3)5-2/h7-11,13,15H,4-6,12,17H2,1-3H3. The summed E-state index contributed by atoms with van der Waals surface area (Å²) in [6.07, 6.45) is 2.98. The Morgan fingerprint density at radius 3 is 2.42 bits per heavy atom. The average molecular weight is 262 g/mol. The van der Waals surface area contributed by atoms with Gasteiger partial charge in [-0.05, 0) is 24.5 Å². The molecular formula is C16H26N2O. The first-order valence-electron chi connectivity index (χ1n) is 7.23. The number of nitrogens with two attached hydrogens (primary N) is 1. The van der Waals surface area contributed by atoms with Crippen LogP contribution in [0.25, 0.3) is 0 Å². The fourth-order valence-electron chi connectivity index (χ4n) is 1.97. The van der Waals surface area contributed by atoms with E-state index in [0.29, 0.717) is 0 Å². The number of rotatable bonds is 7. The Balaban J connectivity index is 2.88. The summed E-state index contributed by atoms with van der Waals surface area (Å²) in [5, 5.41) is 0. The molecule has 1 rings (SSSR count). The zero-order valence-corrected chi connectivity index (χ0v) is 12.3. The first-order chi connectivity index (χ1) is 9.11. The van der Waals surface area contributed by atoms with Crippen molar-refractivity contribution in [2.75, 3.05) is 11.4 Å². The van der Waals surface area contributed by atoms with Gasteiger partial charge in [0.2, 0.25) is 5.91 Å². The lowest BCUT2D eigenvalue weighted by Crippen LogP contribution is -2.47. The van der Waals surface area contributed by atoms with Gasteiger partial charge in [0.25, 0.3) is 0 Å². The lowest BCUT2D eigenvalue weighted by atomic mass is 9.98. The summed E-state index contributed by atoms with van der Waals surface area (Å²) in [6, 6.07) is 9.39. The summed E-state index contributed by atoms with van der Waals surface area (Å²) < 4.78 is 0. The largest absolute Gasteiger partial charge is 0.320 e. The molecule has 0 saturated carbocycles. The van der Waals surface area contributed by atoms with Crippen molar-refractivity contribution in [2.45, 2.75) is 46.1 Å². The predicted octanol–water partition coefficient (Wildman–Crippen LogP) is 3.19. The third kappa shape index (κ3) is 4.35. The van der Waals surface area contributed by atoms with E-state index in [1.165, 1.54) is 0 Å². The zero-order valence-electron chi connectivity index (χ0n) is 12.3. The number of carbonyl (C=O) groups excluding carboxylic acids is 1. The van der Waals surface area contributed by atoms with Crippen LogP contribution < -0.4 is 10.6 Å². The number of amides is 1. The molecule has 0 aliphatic rings. The number of unbranched alkanes of at least 4 members (excludes halogenated alkanes) is 1. The second kappa shape index (κ2) is 7.95. The maximum Gasteiger partial charge on any atom is 0.244 e. The molecule has 0 bridgehead atoms. The first-order valence-corrected chi connectivity index (χ1v) is 7.23. The maximum atomic E-state index is 12.6. The van der Waals surface area contributed by atoms with Gasteiger partial charge in [-0.25, -0.2) is 0 Å². The van der Waals surface area contributed by atoms with Gasteiger partial charge in [-0.2, -0.15) is 0 Å². The van der Waals surface area contributed by atoms with E-state index >= 15 is 0 Å². The number of para-hydroxylation sites is 1. The molecule has 106 valence electrons. The van der Waals surface area contributed by atoms with Crippen LogP contribution in [0.5, 0.6) is 0 Å². The van der Waals surface area contributed by atoms with Gasteiger partial charge in [-0.15, -0.1) is 0 Å². The molecule has 1 aromatic carbocycles. The maximum absolute atomic E-state index is 12.6. The Bertz CT molecular complexity index is 378. The molecule has 0 aliphatic heterocycles. The van der Waals surface area contributed by atoms with Crippen molar-refractivity contribution in [3.05, 3.63) is 30.3 Å². The van der Waals surface area contributed by atoms with Gasteiger partial charge in [-0.3, -0.25) is 4.79 Å². The quantitative estimate of drug-likeness (QED) is 0.820.